The number of aromatic nitrogens is 4. The second-order valence-corrected chi connectivity index (χ2v) is 7.46. The van der Waals surface area contributed by atoms with E-state index >= 15 is 0 Å². The number of pyridine rings is 1. The van der Waals surface area contributed by atoms with Crippen LogP contribution in [0.3, 0.4) is 0 Å². The van der Waals surface area contributed by atoms with E-state index in [0.717, 1.165) is 40.4 Å². The summed E-state index contributed by atoms with van der Waals surface area (Å²) >= 11 is 0. The number of nitrogens with two attached hydrogens (primary N) is 1. The number of fused-ring (bicyclic) bond motifs is 2. The minimum absolute atomic E-state index is 0.0622. The van der Waals surface area contributed by atoms with E-state index in [2.05, 4.69) is 51.6 Å². The van der Waals surface area contributed by atoms with Gasteiger partial charge >= 0.3 is 0 Å². The van der Waals surface area contributed by atoms with Crippen molar-refractivity contribution in [3.05, 3.63) is 55.0 Å². The lowest BCUT2D eigenvalue weighted by molar-refractivity contribution is 0.247. The van der Waals surface area contributed by atoms with Crippen LogP contribution < -0.4 is 11.1 Å². The van der Waals surface area contributed by atoms with Gasteiger partial charge in [0.2, 0.25) is 5.95 Å². The molecule has 1 saturated carbocycles. The molecule has 130 valence electrons. The van der Waals surface area contributed by atoms with Crippen molar-refractivity contribution in [2.24, 2.45) is 5.73 Å². The Balaban J connectivity index is 1.47. The van der Waals surface area contributed by atoms with E-state index in [-0.39, 0.29) is 5.54 Å². The van der Waals surface area contributed by atoms with Crippen LogP contribution in [0.4, 0.5) is 5.95 Å². The van der Waals surface area contributed by atoms with Gasteiger partial charge in [-0.25, -0.2) is 9.50 Å². The first-order valence-corrected chi connectivity index (χ1v) is 8.82. The Bertz CT molecular complexity index is 1110. The molecule has 6 heteroatoms. The van der Waals surface area contributed by atoms with Crippen molar-refractivity contribution in [3.63, 3.8) is 0 Å². The normalized spacial score (nSPS) is 22.5. The van der Waals surface area contributed by atoms with E-state index < -0.39 is 0 Å². The van der Waals surface area contributed by atoms with E-state index in [0.29, 0.717) is 12.0 Å². The molecule has 0 unspecified atom stereocenters. The molecule has 0 radical (unpaired) electrons. The van der Waals surface area contributed by atoms with Gasteiger partial charge in [0.1, 0.15) is 0 Å². The zero-order chi connectivity index (χ0) is 17.7. The Morgan fingerprint density at radius 3 is 2.92 bits per heavy atom. The van der Waals surface area contributed by atoms with Gasteiger partial charge in [0.15, 0.2) is 0 Å². The molecule has 0 spiro atoms. The molecule has 0 aliphatic heterocycles. The lowest BCUT2D eigenvalue weighted by Crippen LogP contribution is -2.54. The number of nitrogens with zero attached hydrogens (tertiary/aromatic N) is 4. The molecule has 5 rings (SSSR count). The van der Waals surface area contributed by atoms with Crippen LogP contribution >= 0.6 is 0 Å². The zero-order valence-corrected chi connectivity index (χ0v) is 14.6. The average Bonchev–Trinajstić information content (AvgIpc) is 3.03. The van der Waals surface area contributed by atoms with Crippen molar-refractivity contribution in [2.45, 2.75) is 31.3 Å². The fourth-order valence-electron chi connectivity index (χ4n) is 3.80. The SMILES string of the molecule is CC1(N)CC(Nc2ncc3c(-c4ccc5ncccc5c4)ccn3n2)C1. The maximum Gasteiger partial charge on any atom is 0.241 e. The van der Waals surface area contributed by atoms with Crippen LogP contribution in [0.2, 0.25) is 0 Å². The first-order valence-electron chi connectivity index (χ1n) is 8.82. The lowest BCUT2D eigenvalue weighted by atomic mass is 9.75. The molecule has 1 aliphatic carbocycles. The second-order valence-electron chi connectivity index (χ2n) is 7.46. The summed E-state index contributed by atoms with van der Waals surface area (Å²) in [6, 6.07) is 12.7. The summed E-state index contributed by atoms with van der Waals surface area (Å²) in [5.41, 5.74) is 10.2. The smallest absolute Gasteiger partial charge is 0.241 e. The van der Waals surface area contributed by atoms with Crippen molar-refractivity contribution in [1.29, 1.82) is 0 Å². The van der Waals surface area contributed by atoms with Crippen molar-refractivity contribution < 1.29 is 0 Å². The van der Waals surface area contributed by atoms with Crippen LogP contribution in [0.15, 0.2) is 55.0 Å². The van der Waals surface area contributed by atoms with Crippen LogP contribution in [0.25, 0.3) is 27.5 Å². The standard InChI is InChI=1S/C20H20N6/c1-20(21)10-15(11-20)24-19-23-12-18-16(6-8-26(18)25-19)13-4-5-17-14(9-13)3-2-7-22-17/h2-9,12,15H,10-11,21H2,1H3,(H,24,25). The molecule has 26 heavy (non-hydrogen) atoms. The summed E-state index contributed by atoms with van der Waals surface area (Å²) in [6.07, 6.45) is 7.54. The number of anilines is 1. The van der Waals surface area contributed by atoms with Crippen LogP contribution in [0.5, 0.6) is 0 Å². The molecule has 0 amide bonds. The van der Waals surface area contributed by atoms with Gasteiger partial charge in [-0.3, -0.25) is 4.98 Å². The fraction of sp³-hybridized carbons (Fsp3) is 0.250. The lowest BCUT2D eigenvalue weighted by Gasteiger charge is -2.42. The van der Waals surface area contributed by atoms with E-state index in [4.69, 9.17) is 5.73 Å². The van der Waals surface area contributed by atoms with Crippen LogP contribution in [0, 0.1) is 0 Å². The molecule has 4 aromatic rings. The fourth-order valence-corrected chi connectivity index (χ4v) is 3.80. The first kappa shape index (κ1) is 15.3. The largest absolute Gasteiger partial charge is 0.350 e. The van der Waals surface area contributed by atoms with Gasteiger partial charge in [-0.05, 0) is 49.6 Å². The van der Waals surface area contributed by atoms with Gasteiger partial charge in [-0.2, -0.15) is 0 Å². The summed E-state index contributed by atoms with van der Waals surface area (Å²) in [7, 11) is 0. The quantitative estimate of drug-likeness (QED) is 0.596. The van der Waals surface area contributed by atoms with Crippen molar-refractivity contribution in [3.8, 4) is 11.1 Å². The van der Waals surface area contributed by atoms with E-state index in [1.165, 1.54) is 0 Å². The second kappa shape index (κ2) is 5.51. The van der Waals surface area contributed by atoms with E-state index in [9.17, 15) is 0 Å². The molecule has 0 atom stereocenters. The molecule has 0 bridgehead atoms. The maximum absolute atomic E-state index is 6.07. The molecule has 6 nitrogen and oxygen atoms in total. The molecule has 1 aliphatic rings. The molecule has 3 aromatic heterocycles. The number of nitrogens with one attached hydrogen (secondary N) is 1. The zero-order valence-electron chi connectivity index (χ0n) is 14.6. The van der Waals surface area contributed by atoms with Gasteiger partial charge in [-0.15, -0.1) is 5.10 Å². The van der Waals surface area contributed by atoms with Crippen LogP contribution in [-0.4, -0.2) is 31.2 Å². The Morgan fingerprint density at radius 2 is 2.08 bits per heavy atom. The minimum Gasteiger partial charge on any atom is -0.350 e. The number of hydrogen-bond donors (Lipinski definition) is 2. The predicted molar refractivity (Wildman–Crippen MR) is 103 cm³/mol. The van der Waals surface area contributed by atoms with Gasteiger partial charge < -0.3 is 11.1 Å². The van der Waals surface area contributed by atoms with Gasteiger partial charge in [0, 0.05) is 34.9 Å². The topological polar surface area (TPSA) is 81.1 Å². The van der Waals surface area contributed by atoms with Gasteiger partial charge in [0.25, 0.3) is 0 Å². The van der Waals surface area contributed by atoms with Crippen molar-refractivity contribution in [2.75, 3.05) is 5.32 Å². The average molecular weight is 344 g/mol. The summed E-state index contributed by atoms with van der Waals surface area (Å²) in [5, 5.41) is 9.09. The highest BCUT2D eigenvalue weighted by Gasteiger charge is 2.37. The molecule has 0 saturated heterocycles. The van der Waals surface area contributed by atoms with Gasteiger partial charge in [-0.1, -0.05) is 12.1 Å². The van der Waals surface area contributed by atoms with Gasteiger partial charge in [0.05, 0.1) is 17.2 Å². The third kappa shape index (κ3) is 2.59. The maximum atomic E-state index is 6.07. The summed E-state index contributed by atoms with van der Waals surface area (Å²) in [5.74, 6) is 0.642. The first-order chi connectivity index (χ1) is 12.6. The van der Waals surface area contributed by atoms with E-state index in [1.807, 2.05) is 35.2 Å². The molecule has 3 heterocycles. The van der Waals surface area contributed by atoms with E-state index in [1.54, 1.807) is 0 Å². The monoisotopic (exact) mass is 344 g/mol. The Labute approximate surface area is 151 Å². The summed E-state index contributed by atoms with van der Waals surface area (Å²) in [6.45, 7) is 2.08. The molecule has 1 aromatic carbocycles. The highest BCUT2D eigenvalue weighted by Crippen LogP contribution is 2.31. The Kier molecular flexibility index (Phi) is 3.24. The highest BCUT2D eigenvalue weighted by molar-refractivity contribution is 5.88. The summed E-state index contributed by atoms with van der Waals surface area (Å²) < 4.78 is 1.87. The van der Waals surface area contributed by atoms with Crippen molar-refractivity contribution >= 4 is 22.4 Å². The van der Waals surface area contributed by atoms with Crippen molar-refractivity contribution in [1.82, 2.24) is 19.6 Å². The third-order valence-corrected chi connectivity index (χ3v) is 5.09. The minimum atomic E-state index is -0.0622. The number of hydrogen-bond acceptors (Lipinski definition) is 5. The third-order valence-electron chi connectivity index (χ3n) is 5.09. The summed E-state index contributed by atoms with van der Waals surface area (Å²) in [4.78, 5) is 8.88. The number of rotatable bonds is 3. The Morgan fingerprint density at radius 1 is 1.19 bits per heavy atom. The molecular weight excluding hydrogens is 324 g/mol. The number of benzene rings is 1. The molecular formula is C20H20N6. The highest BCUT2D eigenvalue weighted by atomic mass is 15.3. The Hall–Kier alpha value is -2.99. The molecule has 3 N–H and O–H groups in total. The molecule has 1 fully saturated rings. The van der Waals surface area contributed by atoms with Crippen LogP contribution in [0.1, 0.15) is 19.8 Å². The predicted octanol–water partition coefficient (Wildman–Crippen LogP) is 3.24. The van der Waals surface area contributed by atoms with Crippen LogP contribution in [-0.2, 0) is 0 Å².